The lowest BCUT2D eigenvalue weighted by Crippen LogP contribution is -2.15. The van der Waals surface area contributed by atoms with Crippen molar-refractivity contribution in [2.75, 3.05) is 5.73 Å². The molecule has 1 fully saturated rings. The summed E-state index contributed by atoms with van der Waals surface area (Å²) < 4.78 is 5.73. The molecule has 4 atom stereocenters. The van der Waals surface area contributed by atoms with Crippen molar-refractivity contribution in [3.8, 4) is 0 Å². The molecule has 6 heteroatoms. The number of carboxylic acid groups (broad SMARTS) is 1. The Bertz CT molecular complexity index is 446. The fourth-order valence-electron chi connectivity index (χ4n) is 2.34. The number of nitrogen functional groups attached to an aromatic ring is 1. The van der Waals surface area contributed by atoms with Crippen LogP contribution in [0.2, 0.25) is 0 Å². The molecule has 94 valence electrons. The van der Waals surface area contributed by atoms with Crippen LogP contribution < -0.4 is 5.73 Å². The number of carboxylic acids is 1. The number of anilines is 1. The summed E-state index contributed by atoms with van der Waals surface area (Å²) in [4.78, 5) is 15.1. The molecule has 1 aromatic heterocycles. The summed E-state index contributed by atoms with van der Waals surface area (Å²) in [6, 6.07) is 0. The van der Waals surface area contributed by atoms with Crippen molar-refractivity contribution in [2.24, 2.45) is 5.92 Å². The number of nitrogens with two attached hydrogens (primary N) is 1. The summed E-state index contributed by atoms with van der Waals surface area (Å²) in [5, 5.41) is 9.98. The average Bonchev–Trinajstić information content (AvgIpc) is 2.70. The summed E-state index contributed by atoms with van der Waals surface area (Å²) in [5.41, 5.74) is 5.63. The standard InChI is InChI=1S/C11H16N2O3S/c1-4-5(2)16-6(3)7(4)10-13-8(11(14)15)9(12)17-10/h4-7H,12H2,1-3H3,(H,14,15). The van der Waals surface area contributed by atoms with Gasteiger partial charge < -0.3 is 15.6 Å². The van der Waals surface area contributed by atoms with E-state index < -0.39 is 5.97 Å². The zero-order valence-corrected chi connectivity index (χ0v) is 10.8. The number of rotatable bonds is 2. The molecule has 0 radical (unpaired) electrons. The molecular formula is C11H16N2O3S. The van der Waals surface area contributed by atoms with Crippen molar-refractivity contribution < 1.29 is 14.6 Å². The largest absolute Gasteiger partial charge is 0.476 e. The predicted octanol–water partition coefficient (Wildman–Crippen LogP) is 1.95. The van der Waals surface area contributed by atoms with Crippen molar-refractivity contribution in [3.05, 3.63) is 10.7 Å². The zero-order valence-electron chi connectivity index (χ0n) is 10.0. The normalized spacial score (nSPS) is 32.9. The van der Waals surface area contributed by atoms with Gasteiger partial charge in [-0.3, -0.25) is 0 Å². The summed E-state index contributed by atoms with van der Waals surface area (Å²) in [6.45, 7) is 6.11. The van der Waals surface area contributed by atoms with E-state index in [4.69, 9.17) is 15.6 Å². The lowest BCUT2D eigenvalue weighted by Gasteiger charge is -2.14. The molecule has 0 saturated carbocycles. The third-order valence-electron chi connectivity index (χ3n) is 3.40. The summed E-state index contributed by atoms with van der Waals surface area (Å²) >= 11 is 1.26. The number of aromatic nitrogens is 1. The number of aromatic carboxylic acids is 1. The SMILES string of the molecule is CC1OC(C)C(c2nc(C(=O)O)c(N)s2)C1C. The molecular weight excluding hydrogens is 240 g/mol. The first kappa shape index (κ1) is 12.3. The Balaban J connectivity index is 2.34. The van der Waals surface area contributed by atoms with Crippen LogP contribution in [0.4, 0.5) is 5.00 Å². The molecule has 1 saturated heterocycles. The summed E-state index contributed by atoms with van der Waals surface area (Å²) in [6.07, 6.45) is 0.209. The molecule has 0 spiro atoms. The first-order valence-corrected chi connectivity index (χ1v) is 6.38. The van der Waals surface area contributed by atoms with Crippen LogP contribution in [-0.4, -0.2) is 28.3 Å². The molecule has 2 rings (SSSR count). The van der Waals surface area contributed by atoms with Crippen LogP contribution in [0.25, 0.3) is 0 Å². The van der Waals surface area contributed by atoms with Crippen LogP contribution in [0, 0.1) is 5.92 Å². The number of carbonyl (C=O) groups is 1. The molecule has 1 aliphatic rings. The molecule has 0 bridgehead atoms. The van der Waals surface area contributed by atoms with Gasteiger partial charge in [0.25, 0.3) is 0 Å². The van der Waals surface area contributed by atoms with Crippen molar-refractivity contribution in [2.45, 2.75) is 38.9 Å². The van der Waals surface area contributed by atoms with E-state index in [1.54, 1.807) is 0 Å². The Morgan fingerprint density at radius 2 is 2.06 bits per heavy atom. The second kappa shape index (κ2) is 4.27. The molecule has 0 aromatic carbocycles. The van der Waals surface area contributed by atoms with E-state index in [-0.39, 0.29) is 28.8 Å². The van der Waals surface area contributed by atoms with E-state index in [2.05, 4.69) is 11.9 Å². The highest BCUT2D eigenvalue weighted by Gasteiger charge is 2.40. The van der Waals surface area contributed by atoms with Gasteiger partial charge in [-0.2, -0.15) is 0 Å². The molecule has 4 unspecified atom stereocenters. The monoisotopic (exact) mass is 256 g/mol. The Labute approximate surface area is 104 Å². The predicted molar refractivity (Wildman–Crippen MR) is 65.4 cm³/mol. The zero-order chi connectivity index (χ0) is 12.7. The number of nitrogens with zero attached hydrogens (tertiary/aromatic N) is 1. The minimum absolute atomic E-state index is 0.0380. The van der Waals surface area contributed by atoms with E-state index in [9.17, 15) is 4.79 Å². The number of ether oxygens (including phenoxy) is 1. The quantitative estimate of drug-likeness (QED) is 0.844. The first-order valence-electron chi connectivity index (χ1n) is 5.56. The Kier molecular flexibility index (Phi) is 3.09. The minimum atomic E-state index is -1.07. The van der Waals surface area contributed by atoms with Gasteiger partial charge in [0.2, 0.25) is 0 Å². The molecule has 3 N–H and O–H groups in total. The Morgan fingerprint density at radius 3 is 2.47 bits per heavy atom. The van der Waals surface area contributed by atoms with E-state index in [1.165, 1.54) is 11.3 Å². The van der Waals surface area contributed by atoms with E-state index in [0.29, 0.717) is 5.92 Å². The van der Waals surface area contributed by atoms with Gasteiger partial charge in [0.05, 0.1) is 12.2 Å². The summed E-state index contributed by atoms with van der Waals surface area (Å²) in [5.74, 6) is -0.625. The van der Waals surface area contributed by atoms with Gasteiger partial charge in [0.15, 0.2) is 5.69 Å². The summed E-state index contributed by atoms with van der Waals surface area (Å²) in [7, 11) is 0. The fraction of sp³-hybridized carbons (Fsp3) is 0.636. The maximum absolute atomic E-state index is 10.9. The lowest BCUT2D eigenvalue weighted by molar-refractivity contribution is 0.0556. The molecule has 0 amide bonds. The minimum Gasteiger partial charge on any atom is -0.476 e. The maximum Gasteiger partial charge on any atom is 0.357 e. The highest BCUT2D eigenvalue weighted by Crippen LogP contribution is 2.42. The second-order valence-electron chi connectivity index (χ2n) is 4.50. The Hall–Kier alpha value is -1.14. The molecule has 1 aromatic rings. The van der Waals surface area contributed by atoms with Crippen molar-refractivity contribution in [1.29, 1.82) is 0 Å². The highest BCUT2D eigenvalue weighted by atomic mass is 32.1. The van der Waals surface area contributed by atoms with Crippen LogP contribution >= 0.6 is 11.3 Å². The first-order chi connectivity index (χ1) is 7.91. The average molecular weight is 256 g/mol. The highest BCUT2D eigenvalue weighted by molar-refractivity contribution is 7.16. The maximum atomic E-state index is 10.9. The Morgan fingerprint density at radius 1 is 1.41 bits per heavy atom. The van der Waals surface area contributed by atoms with Gasteiger partial charge >= 0.3 is 5.97 Å². The van der Waals surface area contributed by atoms with Gasteiger partial charge in [-0.1, -0.05) is 6.92 Å². The van der Waals surface area contributed by atoms with E-state index in [0.717, 1.165) is 5.01 Å². The molecule has 1 aliphatic heterocycles. The van der Waals surface area contributed by atoms with E-state index in [1.807, 2.05) is 13.8 Å². The molecule has 17 heavy (non-hydrogen) atoms. The van der Waals surface area contributed by atoms with Crippen LogP contribution in [0.1, 0.15) is 42.2 Å². The molecule has 0 aliphatic carbocycles. The van der Waals surface area contributed by atoms with Crippen LogP contribution in [-0.2, 0) is 4.74 Å². The van der Waals surface area contributed by atoms with Gasteiger partial charge in [0.1, 0.15) is 10.0 Å². The van der Waals surface area contributed by atoms with Crippen LogP contribution in [0.5, 0.6) is 0 Å². The molecule has 2 heterocycles. The second-order valence-corrected chi connectivity index (χ2v) is 5.56. The van der Waals surface area contributed by atoms with Gasteiger partial charge in [-0.25, -0.2) is 9.78 Å². The van der Waals surface area contributed by atoms with Crippen molar-refractivity contribution >= 4 is 22.3 Å². The smallest absolute Gasteiger partial charge is 0.357 e. The topological polar surface area (TPSA) is 85.4 Å². The van der Waals surface area contributed by atoms with Gasteiger partial charge in [-0.15, -0.1) is 11.3 Å². The van der Waals surface area contributed by atoms with Crippen LogP contribution in [0.15, 0.2) is 0 Å². The number of thiazole rings is 1. The fourth-order valence-corrected chi connectivity index (χ4v) is 3.47. The molecule has 5 nitrogen and oxygen atoms in total. The third-order valence-corrected chi connectivity index (χ3v) is 4.39. The third kappa shape index (κ3) is 2.02. The van der Waals surface area contributed by atoms with Crippen molar-refractivity contribution in [3.63, 3.8) is 0 Å². The van der Waals surface area contributed by atoms with Gasteiger partial charge in [0, 0.05) is 5.92 Å². The van der Waals surface area contributed by atoms with Crippen LogP contribution in [0.3, 0.4) is 0 Å². The van der Waals surface area contributed by atoms with E-state index >= 15 is 0 Å². The number of hydrogen-bond acceptors (Lipinski definition) is 5. The lowest BCUT2D eigenvalue weighted by atomic mass is 9.90. The number of hydrogen-bond donors (Lipinski definition) is 2. The van der Waals surface area contributed by atoms with Gasteiger partial charge in [-0.05, 0) is 19.8 Å². The van der Waals surface area contributed by atoms with Crippen molar-refractivity contribution in [1.82, 2.24) is 4.98 Å².